The fraction of sp³-hybridized carbons (Fsp3) is 0.571. The Labute approximate surface area is 107 Å². The van der Waals surface area contributed by atoms with Gasteiger partial charge in [-0.05, 0) is 61.5 Å². The first-order valence-corrected chi connectivity index (χ1v) is 7.38. The van der Waals surface area contributed by atoms with Crippen LogP contribution in [0.3, 0.4) is 0 Å². The standard InChI is InChI=1S/C14H19NOS/c1-16-11-2-3-14-12(8-11)13(9-17-14)10-4-6-15-7-5-10/h2-3,8,10,13,15H,4-7,9H2,1H3. The van der Waals surface area contributed by atoms with Gasteiger partial charge in [0.2, 0.25) is 0 Å². The van der Waals surface area contributed by atoms with Crippen molar-refractivity contribution >= 4 is 11.8 Å². The number of ether oxygens (including phenoxy) is 1. The van der Waals surface area contributed by atoms with Gasteiger partial charge in [-0.2, -0.15) is 0 Å². The molecule has 1 aromatic rings. The van der Waals surface area contributed by atoms with Gasteiger partial charge in [-0.15, -0.1) is 11.8 Å². The molecule has 0 bridgehead atoms. The van der Waals surface area contributed by atoms with Crippen LogP contribution in [0.15, 0.2) is 23.1 Å². The molecule has 2 aliphatic heterocycles. The molecule has 3 rings (SSSR count). The lowest BCUT2D eigenvalue weighted by molar-refractivity contribution is 0.333. The normalized spacial score (nSPS) is 24.6. The maximum atomic E-state index is 5.35. The third kappa shape index (κ3) is 2.18. The van der Waals surface area contributed by atoms with E-state index >= 15 is 0 Å². The van der Waals surface area contributed by atoms with Gasteiger partial charge >= 0.3 is 0 Å². The first kappa shape index (κ1) is 11.4. The Morgan fingerprint density at radius 2 is 2.12 bits per heavy atom. The minimum absolute atomic E-state index is 0.743. The van der Waals surface area contributed by atoms with Crippen molar-refractivity contribution in [3.63, 3.8) is 0 Å². The van der Waals surface area contributed by atoms with Gasteiger partial charge < -0.3 is 10.1 Å². The number of rotatable bonds is 2. The molecule has 1 saturated heterocycles. The molecule has 0 radical (unpaired) electrons. The van der Waals surface area contributed by atoms with E-state index in [-0.39, 0.29) is 0 Å². The van der Waals surface area contributed by atoms with Gasteiger partial charge in [0, 0.05) is 10.6 Å². The Balaban J connectivity index is 1.85. The molecule has 1 fully saturated rings. The van der Waals surface area contributed by atoms with Crippen molar-refractivity contribution in [2.24, 2.45) is 5.92 Å². The number of fused-ring (bicyclic) bond motifs is 1. The van der Waals surface area contributed by atoms with Crippen LogP contribution >= 0.6 is 11.8 Å². The summed E-state index contributed by atoms with van der Waals surface area (Å²) < 4.78 is 5.35. The van der Waals surface area contributed by atoms with Gasteiger partial charge in [0.25, 0.3) is 0 Å². The average Bonchev–Trinajstić information content (AvgIpc) is 2.82. The summed E-state index contributed by atoms with van der Waals surface area (Å²) in [4.78, 5) is 1.47. The molecule has 1 aromatic carbocycles. The minimum atomic E-state index is 0.743. The first-order chi connectivity index (χ1) is 8.38. The van der Waals surface area contributed by atoms with E-state index < -0.39 is 0 Å². The van der Waals surface area contributed by atoms with Crippen LogP contribution in [0.5, 0.6) is 5.75 Å². The molecule has 0 aliphatic carbocycles. The van der Waals surface area contributed by atoms with Crippen LogP contribution in [0.1, 0.15) is 24.3 Å². The Hall–Kier alpha value is -0.670. The van der Waals surface area contributed by atoms with Crippen LogP contribution in [0, 0.1) is 5.92 Å². The summed E-state index contributed by atoms with van der Waals surface area (Å²) in [6.45, 7) is 2.37. The topological polar surface area (TPSA) is 21.3 Å². The number of hydrogen-bond acceptors (Lipinski definition) is 3. The second-order valence-corrected chi connectivity index (χ2v) is 5.97. The number of hydrogen-bond donors (Lipinski definition) is 1. The second kappa shape index (κ2) is 4.91. The molecule has 0 spiro atoms. The zero-order chi connectivity index (χ0) is 11.7. The molecular weight excluding hydrogens is 230 g/mol. The molecule has 1 unspecified atom stereocenters. The maximum absolute atomic E-state index is 5.35. The number of thioether (sulfide) groups is 1. The Morgan fingerprint density at radius 1 is 1.29 bits per heavy atom. The van der Waals surface area contributed by atoms with E-state index in [1.807, 2.05) is 11.8 Å². The van der Waals surface area contributed by atoms with E-state index in [9.17, 15) is 0 Å². The van der Waals surface area contributed by atoms with Crippen molar-refractivity contribution in [2.45, 2.75) is 23.7 Å². The summed E-state index contributed by atoms with van der Waals surface area (Å²) in [5, 5.41) is 3.45. The molecule has 3 heteroatoms. The van der Waals surface area contributed by atoms with Crippen LogP contribution in [0.4, 0.5) is 0 Å². The molecule has 2 nitrogen and oxygen atoms in total. The van der Waals surface area contributed by atoms with Gasteiger partial charge in [0.15, 0.2) is 0 Å². The number of nitrogens with one attached hydrogen (secondary N) is 1. The van der Waals surface area contributed by atoms with Gasteiger partial charge in [-0.25, -0.2) is 0 Å². The summed E-state index contributed by atoms with van der Waals surface area (Å²) >= 11 is 2.01. The average molecular weight is 249 g/mol. The minimum Gasteiger partial charge on any atom is -0.497 e. The Kier molecular flexibility index (Phi) is 3.30. The molecule has 0 amide bonds. The highest BCUT2D eigenvalue weighted by molar-refractivity contribution is 7.99. The molecule has 0 saturated carbocycles. The molecule has 1 N–H and O–H groups in total. The summed E-state index contributed by atoms with van der Waals surface area (Å²) in [6, 6.07) is 6.55. The SMILES string of the molecule is COc1ccc2c(c1)C(C1CCNCC1)CS2. The number of methoxy groups -OCH3 is 1. The fourth-order valence-corrected chi connectivity index (χ4v) is 4.33. The summed E-state index contributed by atoms with van der Waals surface area (Å²) in [5.41, 5.74) is 1.53. The van der Waals surface area contributed by atoms with Gasteiger partial charge in [-0.3, -0.25) is 0 Å². The van der Waals surface area contributed by atoms with Gasteiger partial charge in [0.1, 0.15) is 5.75 Å². The van der Waals surface area contributed by atoms with Crippen molar-refractivity contribution in [3.05, 3.63) is 23.8 Å². The Morgan fingerprint density at radius 3 is 2.88 bits per heavy atom. The van der Waals surface area contributed by atoms with E-state index in [4.69, 9.17) is 4.74 Å². The molecule has 17 heavy (non-hydrogen) atoms. The number of benzene rings is 1. The molecule has 2 heterocycles. The summed E-state index contributed by atoms with van der Waals surface area (Å²) in [6.07, 6.45) is 2.64. The molecule has 1 atom stereocenters. The third-order valence-corrected chi connectivity index (χ3v) is 5.20. The molecule has 2 aliphatic rings. The van der Waals surface area contributed by atoms with Crippen LogP contribution in [0.2, 0.25) is 0 Å². The van der Waals surface area contributed by atoms with E-state index in [1.54, 1.807) is 7.11 Å². The van der Waals surface area contributed by atoms with Crippen LogP contribution in [-0.2, 0) is 0 Å². The summed E-state index contributed by atoms with van der Waals surface area (Å²) in [5.74, 6) is 3.86. The quantitative estimate of drug-likeness (QED) is 0.871. The van der Waals surface area contributed by atoms with Crippen LogP contribution < -0.4 is 10.1 Å². The largest absolute Gasteiger partial charge is 0.497 e. The lowest BCUT2D eigenvalue weighted by atomic mass is 9.82. The monoisotopic (exact) mass is 249 g/mol. The highest BCUT2D eigenvalue weighted by atomic mass is 32.2. The van der Waals surface area contributed by atoms with E-state index in [2.05, 4.69) is 23.5 Å². The van der Waals surface area contributed by atoms with Crippen molar-refractivity contribution < 1.29 is 4.74 Å². The van der Waals surface area contributed by atoms with Crippen LogP contribution in [0.25, 0.3) is 0 Å². The summed E-state index contributed by atoms with van der Waals surface area (Å²) in [7, 11) is 1.75. The predicted molar refractivity (Wildman–Crippen MR) is 72.1 cm³/mol. The lowest BCUT2D eigenvalue weighted by Crippen LogP contribution is -2.30. The van der Waals surface area contributed by atoms with Gasteiger partial charge in [0.05, 0.1) is 7.11 Å². The van der Waals surface area contributed by atoms with Crippen molar-refractivity contribution in [3.8, 4) is 5.75 Å². The smallest absolute Gasteiger partial charge is 0.119 e. The zero-order valence-electron chi connectivity index (χ0n) is 10.2. The lowest BCUT2D eigenvalue weighted by Gasteiger charge is -2.28. The van der Waals surface area contributed by atoms with E-state index in [0.29, 0.717) is 0 Å². The Bertz CT molecular complexity index is 401. The molecule has 0 aromatic heterocycles. The van der Waals surface area contributed by atoms with Crippen molar-refractivity contribution in [1.82, 2.24) is 5.32 Å². The number of piperidine rings is 1. The highest BCUT2D eigenvalue weighted by Gasteiger charge is 2.31. The second-order valence-electron chi connectivity index (χ2n) is 4.91. The molecular formula is C14H19NOS. The first-order valence-electron chi connectivity index (χ1n) is 6.40. The van der Waals surface area contributed by atoms with E-state index in [1.165, 1.54) is 42.1 Å². The van der Waals surface area contributed by atoms with Crippen molar-refractivity contribution in [2.75, 3.05) is 26.0 Å². The van der Waals surface area contributed by atoms with Crippen LogP contribution in [-0.4, -0.2) is 26.0 Å². The zero-order valence-corrected chi connectivity index (χ0v) is 11.1. The predicted octanol–water partition coefficient (Wildman–Crippen LogP) is 2.88. The highest BCUT2D eigenvalue weighted by Crippen LogP contribution is 2.46. The van der Waals surface area contributed by atoms with Crippen molar-refractivity contribution in [1.29, 1.82) is 0 Å². The fourth-order valence-electron chi connectivity index (χ4n) is 2.98. The molecule has 92 valence electrons. The van der Waals surface area contributed by atoms with Gasteiger partial charge in [-0.1, -0.05) is 0 Å². The van der Waals surface area contributed by atoms with E-state index in [0.717, 1.165) is 17.6 Å². The maximum Gasteiger partial charge on any atom is 0.119 e. The third-order valence-electron chi connectivity index (χ3n) is 3.99.